The zero-order chi connectivity index (χ0) is 14.3. The first kappa shape index (κ1) is 13.2. The maximum atomic E-state index is 12.1. The summed E-state index contributed by atoms with van der Waals surface area (Å²) in [4.78, 5) is 18.2. The largest absolute Gasteiger partial charge is 0.292 e. The number of hydrogen-bond donors (Lipinski definition) is 0. The van der Waals surface area contributed by atoms with Crippen LogP contribution < -0.4 is 0 Å². The van der Waals surface area contributed by atoms with Crippen LogP contribution in [0, 0.1) is 0 Å². The van der Waals surface area contributed by atoms with E-state index in [0.717, 1.165) is 31.4 Å². The minimum absolute atomic E-state index is 0.0591. The maximum absolute atomic E-state index is 12.1. The van der Waals surface area contributed by atoms with Crippen molar-refractivity contribution in [3.63, 3.8) is 0 Å². The number of rotatable bonds is 2. The highest BCUT2D eigenvalue weighted by atomic mass is 32.1. The van der Waals surface area contributed by atoms with Gasteiger partial charge in [0.1, 0.15) is 10.7 Å². The van der Waals surface area contributed by atoms with E-state index < -0.39 is 0 Å². The summed E-state index contributed by atoms with van der Waals surface area (Å²) < 4.78 is 0. The summed E-state index contributed by atoms with van der Waals surface area (Å²) in [5.74, 6) is 0.250. The van der Waals surface area contributed by atoms with Gasteiger partial charge in [-0.1, -0.05) is 43.2 Å². The average Bonchev–Trinajstić information content (AvgIpc) is 3.16. The van der Waals surface area contributed by atoms with Crippen molar-refractivity contribution in [3.8, 4) is 0 Å². The Balaban J connectivity index is 1.84. The first-order valence-electron chi connectivity index (χ1n) is 7.88. The van der Waals surface area contributed by atoms with Gasteiger partial charge in [0.05, 0.1) is 0 Å². The molecule has 1 saturated carbocycles. The van der Waals surface area contributed by atoms with Crippen LogP contribution in [0.5, 0.6) is 0 Å². The second-order valence-electron chi connectivity index (χ2n) is 6.22. The molecule has 0 N–H and O–H groups in total. The molecule has 0 spiro atoms. The third kappa shape index (κ3) is 2.06. The van der Waals surface area contributed by atoms with E-state index in [4.69, 9.17) is 4.98 Å². The summed E-state index contributed by atoms with van der Waals surface area (Å²) in [6.45, 7) is 0. The van der Waals surface area contributed by atoms with Crippen LogP contribution >= 0.6 is 11.3 Å². The number of aromatic nitrogens is 1. The zero-order valence-corrected chi connectivity index (χ0v) is 12.9. The monoisotopic (exact) mass is 297 g/mol. The molecule has 3 heteroatoms. The van der Waals surface area contributed by atoms with Gasteiger partial charge in [-0.25, -0.2) is 4.98 Å². The second-order valence-corrected chi connectivity index (χ2v) is 7.31. The minimum Gasteiger partial charge on any atom is -0.292 e. The molecule has 1 aromatic heterocycles. The van der Waals surface area contributed by atoms with Crippen molar-refractivity contribution < 1.29 is 4.79 Å². The van der Waals surface area contributed by atoms with Crippen LogP contribution in [-0.2, 0) is 11.8 Å². The lowest BCUT2D eigenvalue weighted by atomic mass is 9.79. The topological polar surface area (TPSA) is 30.0 Å². The highest BCUT2D eigenvalue weighted by Gasteiger charge is 2.41. The molecule has 0 bridgehead atoms. The van der Waals surface area contributed by atoms with Crippen LogP contribution in [0.3, 0.4) is 0 Å². The summed E-state index contributed by atoms with van der Waals surface area (Å²) in [7, 11) is 0. The fourth-order valence-electron chi connectivity index (χ4n) is 3.83. The number of ketones is 1. The van der Waals surface area contributed by atoms with Crippen molar-refractivity contribution in [2.45, 2.75) is 50.4 Å². The summed E-state index contributed by atoms with van der Waals surface area (Å²) in [6, 6.07) is 10.8. The molecule has 0 amide bonds. The number of carbonyl (C=O) groups is 1. The Morgan fingerprint density at radius 2 is 1.76 bits per heavy atom. The zero-order valence-electron chi connectivity index (χ0n) is 12.1. The summed E-state index contributed by atoms with van der Waals surface area (Å²) in [5.41, 5.74) is 2.22. The van der Waals surface area contributed by atoms with E-state index >= 15 is 0 Å². The van der Waals surface area contributed by atoms with Crippen LogP contribution in [0.2, 0.25) is 0 Å². The maximum Gasteiger partial charge on any atom is 0.182 e. The van der Waals surface area contributed by atoms with E-state index in [0.29, 0.717) is 6.42 Å². The Morgan fingerprint density at radius 1 is 1.00 bits per heavy atom. The van der Waals surface area contributed by atoms with Gasteiger partial charge < -0.3 is 0 Å². The molecule has 1 fully saturated rings. The first-order valence-corrected chi connectivity index (χ1v) is 8.70. The summed E-state index contributed by atoms with van der Waals surface area (Å²) in [5, 5.41) is 1.19. The smallest absolute Gasteiger partial charge is 0.182 e. The van der Waals surface area contributed by atoms with E-state index in [1.807, 2.05) is 0 Å². The number of carbonyl (C=O) groups excluding carboxylic acids is 1. The molecule has 2 aliphatic carbocycles. The van der Waals surface area contributed by atoms with Gasteiger partial charge in [-0.05, 0) is 31.2 Å². The molecule has 2 nitrogen and oxygen atoms in total. The number of nitrogens with zero attached hydrogens (tertiary/aromatic N) is 1. The van der Waals surface area contributed by atoms with Crippen LogP contribution in [0.1, 0.15) is 64.5 Å². The Labute approximate surface area is 129 Å². The molecule has 0 radical (unpaired) electrons. The predicted octanol–water partition coefficient (Wildman–Crippen LogP) is 4.52. The Hall–Kier alpha value is -1.48. The van der Waals surface area contributed by atoms with Crippen molar-refractivity contribution >= 4 is 17.1 Å². The summed E-state index contributed by atoms with van der Waals surface area (Å²) in [6.07, 6.45) is 7.54. The first-order chi connectivity index (χ1) is 10.3. The van der Waals surface area contributed by atoms with Crippen LogP contribution in [-0.4, -0.2) is 10.8 Å². The van der Waals surface area contributed by atoms with Gasteiger partial charge >= 0.3 is 0 Å². The van der Waals surface area contributed by atoms with Gasteiger partial charge in [-0.3, -0.25) is 4.79 Å². The van der Waals surface area contributed by atoms with Crippen LogP contribution in [0.15, 0.2) is 30.3 Å². The van der Waals surface area contributed by atoms with Gasteiger partial charge in [0.15, 0.2) is 5.78 Å². The SMILES string of the molecule is O=C1CCCc2sc(C3(c4ccccc4)CCCC3)nc21. The third-order valence-electron chi connectivity index (χ3n) is 4.96. The molecule has 2 aromatic rings. The number of Topliss-reactive ketones (excluding diaryl/α,β-unsaturated/α-hetero) is 1. The Morgan fingerprint density at radius 3 is 2.48 bits per heavy atom. The van der Waals surface area contributed by atoms with Crippen molar-refractivity contribution in [3.05, 3.63) is 51.5 Å². The van der Waals surface area contributed by atoms with E-state index in [-0.39, 0.29) is 11.2 Å². The average molecular weight is 297 g/mol. The van der Waals surface area contributed by atoms with Gasteiger partial charge in [-0.15, -0.1) is 11.3 Å². The fourth-order valence-corrected chi connectivity index (χ4v) is 5.22. The van der Waals surface area contributed by atoms with Crippen molar-refractivity contribution in [1.82, 2.24) is 4.98 Å². The Bertz CT molecular complexity index is 668. The second kappa shape index (κ2) is 5.06. The van der Waals surface area contributed by atoms with Crippen molar-refractivity contribution in [2.24, 2.45) is 0 Å². The molecule has 1 heterocycles. The number of hydrogen-bond acceptors (Lipinski definition) is 3. The van der Waals surface area contributed by atoms with Gasteiger partial charge in [0.2, 0.25) is 0 Å². The quantitative estimate of drug-likeness (QED) is 0.815. The van der Waals surface area contributed by atoms with E-state index in [1.165, 1.54) is 28.3 Å². The summed E-state index contributed by atoms with van der Waals surface area (Å²) >= 11 is 1.80. The van der Waals surface area contributed by atoms with E-state index in [2.05, 4.69) is 30.3 Å². The lowest BCUT2D eigenvalue weighted by Gasteiger charge is -2.27. The standard InChI is InChI=1S/C18H19NOS/c20-14-9-6-10-15-16(14)19-17(21-15)18(11-4-5-12-18)13-7-2-1-3-8-13/h1-3,7-8H,4-6,9-12H2. The molecule has 0 aliphatic heterocycles. The normalized spacial score (nSPS) is 20.5. The molecular weight excluding hydrogens is 278 g/mol. The molecule has 21 heavy (non-hydrogen) atoms. The van der Waals surface area contributed by atoms with Crippen LogP contribution in [0.4, 0.5) is 0 Å². The van der Waals surface area contributed by atoms with Gasteiger partial charge in [0.25, 0.3) is 0 Å². The van der Waals surface area contributed by atoms with E-state index in [9.17, 15) is 4.79 Å². The molecule has 0 unspecified atom stereocenters. The predicted molar refractivity (Wildman–Crippen MR) is 85.1 cm³/mol. The van der Waals surface area contributed by atoms with Crippen molar-refractivity contribution in [1.29, 1.82) is 0 Å². The van der Waals surface area contributed by atoms with Gasteiger partial charge in [-0.2, -0.15) is 0 Å². The van der Waals surface area contributed by atoms with Crippen LogP contribution in [0.25, 0.3) is 0 Å². The number of thiazole rings is 1. The minimum atomic E-state index is 0.0591. The molecule has 2 aliphatic rings. The van der Waals surface area contributed by atoms with E-state index in [1.54, 1.807) is 11.3 Å². The van der Waals surface area contributed by atoms with Gasteiger partial charge in [0, 0.05) is 16.7 Å². The molecule has 1 aromatic carbocycles. The molecular formula is C18H19NOS. The molecule has 108 valence electrons. The number of benzene rings is 1. The Kier molecular flexibility index (Phi) is 3.18. The highest BCUT2D eigenvalue weighted by molar-refractivity contribution is 7.12. The number of fused-ring (bicyclic) bond motifs is 1. The molecule has 0 atom stereocenters. The molecule has 0 saturated heterocycles. The molecule has 4 rings (SSSR count). The lowest BCUT2D eigenvalue weighted by molar-refractivity contribution is 0.0968. The lowest BCUT2D eigenvalue weighted by Crippen LogP contribution is -2.23. The fraction of sp³-hybridized carbons (Fsp3) is 0.444. The third-order valence-corrected chi connectivity index (χ3v) is 6.28. The highest BCUT2D eigenvalue weighted by Crippen LogP contribution is 2.48. The van der Waals surface area contributed by atoms with Crippen molar-refractivity contribution in [2.75, 3.05) is 0 Å². The number of aryl methyl sites for hydroxylation is 1.